The fraction of sp³-hybridized carbons (Fsp3) is 0.182. The predicted molar refractivity (Wildman–Crippen MR) is 61.0 cm³/mol. The lowest BCUT2D eigenvalue weighted by atomic mass is 9.88. The van der Waals surface area contributed by atoms with Gasteiger partial charge in [-0.05, 0) is 18.6 Å². The lowest BCUT2D eigenvalue weighted by Crippen LogP contribution is -2.03. The summed E-state index contributed by atoms with van der Waals surface area (Å²) in [6.07, 6.45) is 6.15. The number of aromatic nitrogens is 1. The van der Waals surface area contributed by atoms with Crippen molar-refractivity contribution in [1.82, 2.24) is 4.98 Å². The molecule has 1 aliphatic carbocycles. The van der Waals surface area contributed by atoms with E-state index >= 15 is 0 Å². The Morgan fingerprint density at radius 3 is 2.81 bits per heavy atom. The lowest BCUT2D eigenvalue weighted by Gasteiger charge is -2.13. The molecule has 0 N–H and O–H groups in total. The maximum absolute atomic E-state index is 13.3. The minimum absolute atomic E-state index is 0.0653. The van der Waals surface area contributed by atoms with Crippen LogP contribution >= 0.6 is 11.6 Å². The van der Waals surface area contributed by atoms with Gasteiger partial charge in [-0.2, -0.15) is 0 Å². The van der Waals surface area contributed by atoms with Gasteiger partial charge >= 0.3 is 0 Å². The van der Waals surface area contributed by atoms with Gasteiger partial charge in [-0.1, -0.05) is 17.7 Å². The molecule has 1 aliphatic rings. The zero-order valence-electron chi connectivity index (χ0n) is 8.41. The minimum Gasteiger partial charge on any atom is -0.441 e. The molecule has 2 nitrogen and oxygen atoms in total. The second-order valence-electron chi connectivity index (χ2n) is 3.42. The summed E-state index contributed by atoms with van der Waals surface area (Å²) in [6.45, 7) is 0. The number of hydrogen-bond donors (Lipinski definition) is 0. The normalized spacial score (nSPS) is 15.4. The van der Waals surface area contributed by atoms with Crippen molar-refractivity contribution in [2.24, 2.45) is 0 Å². The van der Waals surface area contributed by atoms with Crippen molar-refractivity contribution in [1.29, 1.82) is 0 Å². The van der Waals surface area contributed by atoms with Gasteiger partial charge in [0, 0.05) is 12.6 Å². The first kappa shape index (κ1) is 11.2. The first-order chi connectivity index (χ1) is 7.65. The molecule has 0 amide bonds. The number of rotatable bonds is 2. The molecule has 0 bridgehead atoms. The van der Waals surface area contributed by atoms with Crippen LogP contribution < -0.4 is 4.74 Å². The Morgan fingerprint density at radius 1 is 1.38 bits per heavy atom. The molecule has 1 aromatic heterocycles. The zero-order valence-corrected chi connectivity index (χ0v) is 9.17. The van der Waals surface area contributed by atoms with Gasteiger partial charge in [-0.3, -0.25) is 0 Å². The van der Waals surface area contributed by atoms with Crippen molar-refractivity contribution in [3.05, 3.63) is 46.5 Å². The van der Waals surface area contributed by atoms with Gasteiger partial charge in [0.1, 0.15) is 13.6 Å². The van der Waals surface area contributed by atoms with Gasteiger partial charge in [-0.25, -0.2) is 9.37 Å². The summed E-state index contributed by atoms with van der Waals surface area (Å²) < 4.78 is 18.6. The molecule has 0 fully saturated rings. The monoisotopic (exact) mass is 235 g/mol. The van der Waals surface area contributed by atoms with Crippen molar-refractivity contribution in [2.75, 3.05) is 0 Å². The molecule has 0 aromatic carbocycles. The van der Waals surface area contributed by atoms with Crippen LogP contribution in [0.3, 0.4) is 0 Å². The maximum atomic E-state index is 13.3. The van der Waals surface area contributed by atoms with E-state index in [0.29, 0.717) is 18.6 Å². The molecule has 1 heterocycles. The molecular formula is C11H8BClFNO. The molecule has 0 aliphatic heterocycles. The Morgan fingerprint density at radius 2 is 2.19 bits per heavy atom. The molecular weight excluding hydrogens is 227 g/mol. The molecule has 16 heavy (non-hydrogen) atoms. The zero-order chi connectivity index (χ0) is 11.5. The summed E-state index contributed by atoms with van der Waals surface area (Å²) in [5.41, 5.74) is 0.789. The molecule has 0 saturated carbocycles. The van der Waals surface area contributed by atoms with E-state index in [1.807, 2.05) is 0 Å². The van der Waals surface area contributed by atoms with E-state index in [1.165, 1.54) is 6.20 Å². The van der Waals surface area contributed by atoms with Gasteiger partial charge in [0.2, 0.25) is 0 Å². The van der Waals surface area contributed by atoms with Crippen LogP contribution in [0, 0.1) is 5.82 Å². The fourth-order valence-corrected chi connectivity index (χ4v) is 1.47. The van der Waals surface area contributed by atoms with Crippen LogP contribution in [0.15, 0.2) is 35.6 Å². The highest BCUT2D eigenvalue weighted by Gasteiger charge is 2.10. The highest BCUT2D eigenvalue weighted by molar-refractivity contribution is 6.30. The van der Waals surface area contributed by atoms with Crippen LogP contribution in [0.2, 0.25) is 5.02 Å². The van der Waals surface area contributed by atoms with Crippen LogP contribution in [0.25, 0.3) is 0 Å². The van der Waals surface area contributed by atoms with Crippen LogP contribution in [0.1, 0.15) is 12.8 Å². The first-order valence-electron chi connectivity index (χ1n) is 4.79. The van der Waals surface area contributed by atoms with Crippen LogP contribution in [0.5, 0.6) is 5.88 Å². The summed E-state index contributed by atoms with van der Waals surface area (Å²) in [6, 6.07) is 1.16. The molecule has 5 heteroatoms. The van der Waals surface area contributed by atoms with E-state index in [9.17, 15) is 4.39 Å². The van der Waals surface area contributed by atoms with E-state index in [2.05, 4.69) is 4.98 Å². The van der Waals surface area contributed by atoms with Gasteiger partial charge in [0.15, 0.2) is 5.82 Å². The number of nitrogens with zero attached hydrogens (tertiary/aromatic N) is 1. The predicted octanol–water partition coefficient (Wildman–Crippen LogP) is 2.98. The third kappa shape index (κ3) is 2.64. The number of allylic oxidation sites excluding steroid dienone is 4. The van der Waals surface area contributed by atoms with Crippen molar-refractivity contribution in [3.63, 3.8) is 0 Å². The smallest absolute Gasteiger partial charge is 0.255 e. The van der Waals surface area contributed by atoms with Gasteiger partial charge in [0.05, 0.1) is 5.02 Å². The second kappa shape index (κ2) is 4.70. The number of hydrogen-bond acceptors (Lipinski definition) is 2. The Balaban J connectivity index is 2.15. The van der Waals surface area contributed by atoms with Crippen molar-refractivity contribution in [3.8, 4) is 5.88 Å². The molecule has 2 rings (SSSR count). The van der Waals surface area contributed by atoms with E-state index in [1.54, 1.807) is 12.2 Å². The summed E-state index contributed by atoms with van der Waals surface area (Å²) in [5, 5.41) is 0.242. The number of ether oxygens (including phenoxy) is 1. The largest absolute Gasteiger partial charge is 0.441 e. The first-order valence-corrected chi connectivity index (χ1v) is 5.17. The van der Waals surface area contributed by atoms with E-state index in [4.69, 9.17) is 24.2 Å². The molecule has 0 saturated heterocycles. The van der Waals surface area contributed by atoms with Crippen molar-refractivity contribution >= 4 is 19.4 Å². The Kier molecular flexibility index (Phi) is 3.29. The summed E-state index contributed by atoms with van der Waals surface area (Å²) in [4.78, 5) is 3.77. The molecule has 1 aromatic rings. The Labute approximate surface area is 99.2 Å². The third-order valence-corrected chi connectivity index (χ3v) is 2.35. The molecule has 2 radical (unpaired) electrons. The van der Waals surface area contributed by atoms with Gasteiger partial charge in [-0.15, -0.1) is 5.47 Å². The lowest BCUT2D eigenvalue weighted by molar-refractivity contribution is 0.362. The topological polar surface area (TPSA) is 22.1 Å². The van der Waals surface area contributed by atoms with Crippen LogP contribution in [-0.2, 0) is 0 Å². The minimum atomic E-state index is -0.573. The van der Waals surface area contributed by atoms with E-state index in [-0.39, 0.29) is 10.9 Å². The van der Waals surface area contributed by atoms with E-state index in [0.717, 1.165) is 11.5 Å². The van der Waals surface area contributed by atoms with Crippen molar-refractivity contribution < 1.29 is 9.13 Å². The number of halogens is 2. The Hall–Kier alpha value is -1.29. The average molecular weight is 235 g/mol. The standard InChI is InChI=1S/C11H8BClFNO/c12-7-1-3-9(4-2-7)16-11-10(14)5-8(13)6-15-11/h1,3,5-6H,2,4H2. The summed E-state index contributed by atoms with van der Waals surface area (Å²) in [5.74, 6) is 0.00312. The van der Waals surface area contributed by atoms with E-state index < -0.39 is 5.82 Å². The quantitative estimate of drug-likeness (QED) is 0.735. The molecule has 0 unspecified atom stereocenters. The van der Waals surface area contributed by atoms with Crippen LogP contribution in [-0.4, -0.2) is 12.8 Å². The van der Waals surface area contributed by atoms with Gasteiger partial charge < -0.3 is 4.74 Å². The molecule has 80 valence electrons. The highest BCUT2D eigenvalue weighted by Crippen LogP contribution is 2.23. The SMILES string of the molecule is [B]C1=CC=C(Oc2ncc(Cl)cc2F)CC1. The van der Waals surface area contributed by atoms with Crippen molar-refractivity contribution in [2.45, 2.75) is 12.8 Å². The second-order valence-corrected chi connectivity index (χ2v) is 3.85. The average Bonchev–Trinajstić information content (AvgIpc) is 2.25. The summed E-state index contributed by atoms with van der Waals surface area (Å²) in [7, 11) is 5.59. The number of pyridine rings is 1. The molecule has 0 spiro atoms. The maximum Gasteiger partial charge on any atom is 0.255 e. The third-order valence-electron chi connectivity index (χ3n) is 2.15. The Bertz CT molecular complexity index is 473. The summed E-state index contributed by atoms with van der Waals surface area (Å²) >= 11 is 5.58. The molecule has 0 atom stereocenters. The van der Waals surface area contributed by atoms with Gasteiger partial charge in [0.25, 0.3) is 5.88 Å². The fourth-order valence-electron chi connectivity index (χ4n) is 1.32. The highest BCUT2D eigenvalue weighted by atomic mass is 35.5. The van der Waals surface area contributed by atoms with Crippen LogP contribution in [0.4, 0.5) is 4.39 Å².